The Morgan fingerprint density at radius 1 is 1.80 bits per heavy atom. The molecule has 0 radical (unpaired) electrons. The van der Waals surface area contributed by atoms with Gasteiger partial charge in [-0.15, -0.1) is 11.8 Å². The zero-order valence-electron chi connectivity index (χ0n) is 6.29. The molecule has 0 bridgehead atoms. The van der Waals surface area contributed by atoms with Crippen LogP contribution in [0.1, 0.15) is 20.3 Å². The third-order valence-electron chi connectivity index (χ3n) is 1.03. The van der Waals surface area contributed by atoms with E-state index in [4.69, 9.17) is 12.2 Å². The van der Waals surface area contributed by atoms with Crippen LogP contribution in [0.3, 0.4) is 0 Å². The molecule has 0 aliphatic heterocycles. The molecule has 0 unspecified atom stereocenters. The highest BCUT2D eigenvalue weighted by Crippen LogP contribution is 2.10. The van der Waals surface area contributed by atoms with Crippen molar-refractivity contribution in [1.29, 1.82) is 0 Å². The molecule has 0 N–H and O–H groups in total. The van der Waals surface area contributed by atoms with Gasteiger partial charge in [-0.3, -0.25) is 0 Å². The standard InChI is InChI=1S/C7H12OS2/c1-3-7(9)10-5-6(2)4-8/h4,6H,3,5H2,1-2H3/t6-/m0/s1. The Hall–Kier alpha value is 0.110. The quantitative estimate of drug-likeness (QED) is 0.483. The smallest absolute Gasteiger partial charge is 0.123 e. The van der Waals surface area contributed by atoms with Crippen LogP contribution < -0.4 is 0 Å². The van der Waals surface area contributed by atoms with Crippen LogP contribution in [0.4, 0.5) is 0 Å². The molecule has 0 aliphatic carbocycles. The lowest BCUT2D eigenvalue weighted by Crippen LogP contribution is -2.00. The van der Waals surface area contributed by atoms with Gasteiger partial charge < -0.3 is 4.79 Å². The Morgan fingerprint density at radius 2 is 2.40 bits per heavy atom. The number of rotatable bonds is 4. The molecule has 3 heteroatoms. The van der Waals surface area contributed by atoms with E-state index < -0.39 is 0 Å². The molecule has 0 amide bonds. The molecule has 0 saturated carbocycles. The van der Waals surface area contributed by atoms with Gasteiger partial charge in [0.25, 0.3) is 0 Å². The Balaban J connectivity index is 3.34. The van der Waals surface area contributed by atoms with Crippen molar-refractivity contribution in [3.63, 3.8) is 0 Å². The van der Waals surface area contributed by atoms with Crippen LogP contribution in [0, 0.1) is 5.92 Å². The summed E-state index contributed by atoms with van der Waals surface area (Å²) in [5.74, 6) is 0.963. The Kier molecular flexibility index (Phi) is 5.93. The van der Waals surface area contributed by atoms with Gasteiger partial charge in [-0.25, -0.2) is 0 Å². The largest absolute Gasteiger partial charge is 0.303 e. The van der Waals surface area contributed by atoms with Crippen LogP contribution in [0.5, 0.6) is 0 Å². The Labute approximate surface area is 71.6 Å². The van der Waals surface area contributed by atoms with Crippen molar-refractivity contribution in [2.24, 2.45) is 5.92 Å². The van der Waals surface area contributed by atoms with E-state index in [0.717, 1.165) is 22.7 Å². The molecule has 0 heterocycles. The van der Waals surface area contributed by atoms with Gasteiger partial charge in [-0.1, -0.05) is 26.1 Å². The van der Waals surface area contributed by atoms with Gasteiger partial charge >= 0.3 is 0 Å². The molecule has 0 aromatic heterocycles. The molecular formula is C7H12OS2. The van der Waals surface area contributed by atoms with E-state index in [-0.39, 0.29) is 5.92 Å². The normalized spacial score (nSPS) is 12.6. The third kappa shape index (κ3) is 4.94. The molecule has 1 nitrogen and oxygen atoms in total. The maximum Gasteiger partial charge on any atom is 0.123 e. The zero-order valence-corrected chi connectivity index (χ0v) is 7.93. The summed E-state index contributed by atoms with van der Waals surface area (Å²) >= 11 is 6.58. The summed E-state index contributed by atoms with van der Waals surface area (Å²) < 4.78 is 0.994. The van der Waals surface area contributed by atoms with Gasteiger partial charge in [0, 0.05) is 15.9 Å². The van der Waals surface area contributed by atoms with Gasteiger partial charge in [0.05, 0.1) is 0 Å². The molecular weight excluding hydrogens is 164 g/mol. The van der Waals surface area contributed by atoms with Gasteiger partial charge in [-0.2, -0.15) is 0 Å². The predicted octanol–water partition coefficient (Wildman–Crippen LogP) is 2.29. The molecule has 1 atom stereocenters. The molecule has 0 fully saturated rings. The number of hydrogen-bond donors (Lipinski definition) is 0. The first-order valence-electron chi connectivity index (χ1n) is 3.31. The first-order chi connectivity index (χ1) is 4.70. The molecule has 0 saturated heterocycles. The fourth-order valence-electron chi connectivity index (χ4n) is 0.366. The average Bonchev–Trinajstić information content (AvgIpc) is 1.99. The van der Waals surface area contributed by atoms with Crippen LogP contribution >= 0.6 is 24.0 Å². The fourth-order valence-corrected chi connectivity index (χ4v) is 1.30. The second kappa shape index (κ2) is 5.86. The Morgan fingerprint density at radius 3 is 2.80 bits per heavy atom. The topological polar surface area (TPSA) is 17.1 Å². The monoisotopic (exact) mass is 176 g/mol. The highest BCUT2D eigenvalue weighted by Gasteiger charge is 2.00. The van der Waals surface area contributed by atoms with Crippen LogP contribution in [-0.2, 0) is 4.79 Å². The average molecular weight is 176 g/mol. The van der Waals surface area contributed by atoms with E-state index in [1.165, 1.54) is 0 Å². The van der Waals surface area contributed by atoms with E-state index >= 15 is 0 Å². The third-order valence-corrected chi connectivity index (χ3v) is 2.97. The van der Waals surface area contributed by atoms with E-state index in [1.807, 2.05) is 13.8 Å². The molecule has 0 aromatic rings. The van der Waals surface area contributed by atoms with Crippen molar-refractivity contribution >= 4 is 34.5 Å². The van der Waals surface area contributed by atoms with Crippen molar-refractivity contribution < 1.29 is 4.79 Å². The highest BCUT2D eigenvalue weighted by atomic mass is 32.2. The number of aldehydes is 1. The maximum absolute atomic E-state index is 10.1. The summed E-state index contributed by atoms with van der Waals surface area (Å²) in [6.07, 6.45) is 1.89. The van der Waals surface area contributed by atoms with E-state index in [9.17, 15) is 4.79 Å². The van der Waals surface area contributed by atoms with Gasteiger partial charge in [0.15, 0.2) is 0 Å². The van der Waals surface area contributed by atoms with Crippen molar-refractivity contribution in [2.75, 3.05) is 5.75 Å². The molecule has 0 aliphatic rings. The number of carbonyl (C=O) groups excluding carboxylic acids is 1. The van der Waals surface area contributed by atoms with Gasteiger partial charge in [0.1, 0.15) is 6.29 Å². The van der Waals surface area contributed by atoms with Crippen molar-refractivity contribution in [3.05, 3.63) is 0 Å². The summed E-state index contributed by atoms with van der Waals surface area (Å²) in [7, 11) is 0. The second-order valence-electron chi connectivity index (χ2n) is 2.15. The number of hydrogen-bond acceptors (Lipinski definition) is 3. The first-order valence-corrected chi connectivity index (χ1v) is 4.71. The lowest BCUT2D eigenvalue weighted by atomic mass is 10.3. The van der Waals surface area contributed by atoms with Crippen molar-refractivity contribution in [1.82, 2.24) is 0 Å². The molecule has 10 heavy (non-hydrogen) atoms. The molecule has 0 rings (SSSR count). The maximum atomic E-state index is 10.1. The molecule has 58 valence electrons. The van der Waals surface area contributed by atoms with Gasteiger partial charge in [0.2, 0.25) is 0 Å². The summed E-state index contributed by atoms with van der Waals surface area (Å²) in [5, 5.41) is 0. The minimum absolute atomic E-state index is 0.134. The molecule has 0 spiro atoms. The van der Waals surface area contributed by atoms with E-state index in [1.54, 1.807) is 11.8 Å². The number of thiocarbonyl (C=S) groups is 1. The van der Waals surface area contributed by atoms with Crippen molar-refractivity contribution in [2.45, 2.75) is 20.3 Å². The van der Waals surface area contributed by atoms with Crippen LogP contribution in [0.2, 0.25) is 0 Å². The minimum Gasteiger partial charge on any atom is -0.303 e. The second-order valence-corrected chi connectivity index (χ2v) is 4.02. The first kappa shape index (κ1) is 10.1. The van der Waals surface area contributed by atoms with Crippen LogP contribution in [-0.4, -0.2) is 16.2 Å². The van der Waals surface area contributed by atoms with Gasteiger partial charge in [-0.05, 0) is 6.42 Å². The fraction of sp³-hybridized carbons (Fsp3) is 0.714. The Bertz CT molecular complexity index is 123. The van der Waals surface area contributed by atoms with Crippen LogP contribution in [0.25, 0.3) is 0 Å². The lowest BCUT2D eigenvalue weighted by molar-refractivity contribution is -0.110. The van der Waals surface area contributed by atoms with Crippen LogP contribution in [0.15, 0.2) is 0 Å². The van der Waals surface area contributed by atoms with Crippen molar-refractivity contribution in [3.8, 4) is 0 Å². The summed E-state index contributed by atoms with van der Waals surface area (Å²) in [6, 6.07) is 0. The SMILES string of the molecule is CCC(=S)SC[C@@H](C)C=O. The predicted molar refractivity (Wildman–Crippen MR) is 50.6 cm³/mol. The number of carbonyl (C=O) groups is 1. The summed E-state index contributed by atoms with van der Waals surface area (Å²) in [4.78, 5) is 10.1. The zero-order chi connectivity index (χ0) is 7.98. The summed E-state index contributed by atoms with van der Waals surface area (Å²) in [5.41, 5.74) is 0. The highest BCUT2D eigenvalue weighted by molar-refractivity contribution is 8.23. The minimum atomic E-state index is 0.134. The molecule has 0 aromatic carbocycles. The summed E-state index contributed by atoms with van der Waals surface area (Å²) in [6.45, 7) is 3.93. The lowest BCUT2D eigenvalue weighted by Gasteiger charge is -2.01. The van der Waals surface area contributed by atoms with E-state index in [2.05, 4.69) is 0 Å². The van der Waals surface area contributed by atoms with E-state index in [0.29, 0.717) is 0 Å². The number of thioether (sulfide) groups is 1.